The number of benzene rings is 1. The van der Waals surface area contributed by atoms with Crippen LogP contribution in [0.25, 0.3) is 0 Å². The summed E-state index contributed by atoms with van der Waals surface area (Å²) in [6, 6.07) is 4.67. The van der Waals surface area contributed by atoms with E-state index in [4.69, 9.17) is 4.74 Å². The zero-order valence-corrected chi connectivity index (χ0v) is 17.8. The van der Waals surface area contributed by atoms with Crippen LogP contribution >= 0.6 is 0 Å². The van der Waals surface area contributed by atoms with E-state index in [2.05, 4.69) is 89.3 Å². The van der Waals surface area contributed by atoms with Crippen molar-refractivity contribution in [2.75, 3.05) is 18.6 Å². The highest BCUT2D eigenvalue weighted by Gasteiger charge is 2.38. The molecule has 0 spiro atoms. The largest absolute Gasteiger partial charge is 0.471 e. The van der Waals surface area contributed by atoms with Crippen molar-refractivity contribution in [3.05, 3.63) is 51.7 Å². The third kappa shape index (κ3) is 2.95. The normalized spacial score (nSPS) is 19.8. The van der Waals surface area contributed by atoms with Crippen molar-refractivity contribution in [1.82, 2.24) is 9.80 Å². The highest BCUT2D eigenvalue weighted by molar-refractivity contribution is 5.66. The molecule has 2 heterocycles. The lowest BCUT2D eigenvalue weighted by molar-refractivity contribution is 0.0640. The van der Waals surface area contributed by atoms with Crippen LogP contribution in [0.15, 0.2) is 35.0 Å². The summed E-state index contributed by atoms with van der Waals surface area (Å²) < 4.78 is 6.10. The van der Waals surface area contributed by atoms with Gasteiger partial charge in [0.25, 0.3) is 0 Å². The van der Waals surface area contributed by atoms with Crippen molar-refractivity contribution >= 4 is 5.69 Å². The number of ether oxygens (including phenoxy) is 1. The Morgan fingerprint density at radius 3 is 1.92 bits per heavy atom. The first-order chi connectivity index (χ1) is 12.0. The lowest BCUT2D eigenvalue weighted by atomic mass is 10.0. The Morgan fingerprint density at radius 2 is 1.50 bits per heavy atom. The second-order valence-electron chi connectivity index (χ2n) is 8.31. The predicted octanol–water partition coefficient (Wildman–Crippen LogP) is 5.08. The molecule has 26 heavy (non-hydrogen) atoms. The van der Waals surface area contributed by atoms with Gasteiger partial charge in [0.05, 0.1) is 18.1 Å². The Morgan fingerprint density at radius 1 is 0.923 bits per heavy atom. The molecule has 0 aliphatic carbocycles. The fraction of sp³-hybridized carbons (Fsp3) is 0.545. The monoisotopic (exact) mass is 355 g/mol. The number of rotatable bonds is 3. The fourth-order valence-corrected chi connectivity index (χ4v) is 4.34. The highest BCUT2D eigenvalue weighted by Crippen LogP contribution is 2.41. The standard InChI is InChI=1S/C22H33N3O/c1-14-10-20(12-24-13-23(9)16(3)17(24)4)11-15(2)21(14)25-18(5)19(6)26-22(25,7)8/h10-11H,12-13H2,1-9H3. The van der Waals surface area contributed by atoms with E-state index in [1.807, 2.05) is 0 Å². The molecule has 2 aliphatic rings. The summed E-state index contributed by atoms with van der Waals surface area (Å²) in [5, 5.41) is 0. The van der Waals surface area contributed by atoms with Crippen molar-refractivity contribution in [2.45, 2.75) is 67.7 Å². The van der Waals surface area contributed by atoms with Gasteiger partial charge in [0.1, 0.15) is 5.76 Å². The molecule has 0 atom stereocenters. The van der Waals surface area contributed by atoms with E-state index in [1.54, 1.807) is 0 Å². The van der Waals surface area contributed by atoms with E-state index in [0.29, 0.717) is 0 Å². The quantitative estimate of drug-likeness (QED) is 0.752. The average Bonchev–Trinajstić information content (AvgIpc) is 2.87. The van der Waals surface area contributed by atoms with Gasteiger partial charge in [-0.15, -0.1) is 0 Å². The predicted molar refractivity (Wildman–Crippen MR) is 108 cm³/mol. The van der Waals surface area contributed by atoms with E-state index in [0.717, 1.165) is 19.0 Å². The van der Waals surface area contributed by atoms with Crippen LogP contribution in [0.4, 0.5) is 5.69 Å². The van der Waals surface area contributed by atoms with Crippen LogP contribution in [0.3, 0.4) is 0 Å². The molecule has 1 aromatic rings. The molecule has 0 aromatic heterocycles. The Bertz CT molecular complexity index is 781. The van der Waals surface area contributed by atoms with Crippen LogP contribution < -0.4 is 4.90 Å². The SMILES string of the molecule is CC1=C(C)N(c2c(C)cc(CN3CN(C)C(C)=C3C)cc2C)C(C)(C)O1. The lowest BCUT2D eigenvalue weighted by Gasteiger charge is -2.36. The Balaban J connectivity index is 1.93. The molecule has 0 saturated carbocycles. The van der Waals surface area contributed by atoms with Gasteiger partial charge in [0.2, 0.25) is 0 Å². The van der Waals surface area contributed by atoms with Crippen molar-refractivity contribution < 1.29 is 4.74 Å². The van der Waals surface area contributed by atoms with Crippen LogP contribution in [0.1, 0.15) is 58.2 Å². The maximum absolute atomic E-state index is 6.10. The topological polar surface area (TPSA) is 19.0 Å². The van der Waals surface area contributed by atoms with Crippen LogP contribution in [0, 0.1) is 13.8 Å². The molecule has 2 aliphatic heterocycles. The average molecular weight is 356 g/mol. The van der Waals surface area contributed by atoms with Crippen LogP contribution in [-0.2, 0) is 11.3 Å². The molecule has 0 fully saturated rings. The molecule has 4 heteroatoms. The van der Waals surface area contributed by atoms with Gasteiger partial charge in [-0.1, -0.05) is 12.1 Å². The Labute approximate surface area is 158 Å². The summed E-state index contributed by atoms with van der Waals surface area (Å²) in [5.41, 5.74) is 8.83. The minimum absolute atomic E-state index is 0.348. The van der Waals surface area contributed by atoms with Gasteiger partial charge in [-0.05, 0) is 72.1 Å². The molecule has 142 valence electrons. The smallest absolute Gasteiger partial charge is 0.181 e. The molecule has 0 amide bonds. The number of aryl methyl sites for hydroxylation is 2. The molecule has 4 nitrogen and oxygen atoms in total. The third-order valence-electron chi connectivity index (χ3n) is 5.89. The minimum atomic E-state index is -0.348. The van der Waals surface area contributed by atoms with Gasteiger partial charge < -0.3 is 19.4 Å². The van der Waals surface area contributed by atoms with Gasteiger partial charge in [0, 0.05) is 25.0 Å². The van der Waals surface area contributed by atoms with Crippen LogP contribution in [-0.4, -0.2) is 29.2 Å². The van der Waals surface area contributed by atoms with E-state index in [1.165, 1.54) is 39.5 Å². The van der Waals surface area contributed by atoms with Gasteiger partial charge in [0.15, 0.2) is 5.72 Å². The lowest BCUT2D eigenvalue weighted by Crippen LogP contribution is -2.40. The Hall–Kier alpha value is -2.10. The first kappa shape index (κ1) is 18.7. The molecule has 3 rings (SSSR count). The molecule has 1 aromatic carbocycles. The second kappa shape index (κ2) is 6.26. The van der Waals surface area contributed by atoms with Crippen molar-refractivity contribution in [1.29, 1.82) is 0 Å². The van der Waals surface area contributed by atoms with Crippen LogP contribution in [0.5, 0.6) is 0 Å². The maximum Gasteiger partial charge on any atom is 0.181 e. The molecular weight excluding hydrogens is 322 g/mol. The summed E-state index contributed by atoms with van der Waals surface area (Å²) in [5.74, 6) is 1.01. The van der Waals surface area contributed by atoms with E-state index < -0.39 is 0 Å². The summed E-state index contributed by atoms with van der Waals surface area (Å²) in [4.78, 5) is 7.10. The number of hydrogen-bond donors (Lipinski definition) is 0. The molecular formula is C22H33N3O. The fourth-order valence-electron chi connectivity index (χ4n) is 4.34. The Kier molecular flexibility index (Phi) is 4.50. The van der Waals surface area contributed by atoms with Crippen molar-refractivity contribution in [3.8, 4) is 0 Å². The molecule has 0 radical (unpaired) electrons. The zero-order valence-electron chi connectivity index (χ0n) is 17.8. The van der Waals surface area contributed by atoms with E-state index in [9.17, 15) is 0 Å². The first-order valence-corrected chi connectivity index (χ1v) is 9.43. The first-order valence-electron chi connectivity index (χ1n) is 9.43. The second-order valence-corrected chi connectivity index (χ2v) is 8.31. The molecule has 0 unspecified atom stereocenters. The number of nitrogens with zero attached hydrogens (tertiary/aromatic N) is 3. The molecule has 0 N–H and O–H groups in total. The van der Waals surface area contributed by atoms with Gasteiger partial charge >= 0.3 is 0 Å². The maximum atomic E-state index is 6.10. The molecule has 0 bridgehead atoms. The summed E-state index contributed by atoms with van der Waals surface area (Å²) in [6.07, 6.45) is 0. The van der Waals surface area contributed by atoms with Gasteiger partial charge in [-0.25, -0.2) is 0 Å². The summed E-state index contributed by atoms with van der Waals surface area (Å²) >= 11 is 0. The third-order valence-corrected chi connectivity index (χ3v) is 5.89. The number of allylic oxidation sites excluding steroid dienone is 4. The van der Waals surface area contributed by atoms with Crippen molar-refractivity contribution in [3.63, 3.8) is 0 Å². The molecule has 0 saturated heterocycles. The summed E-state index contributed by atoms with van der Waals surface area (Å²) in [7, 11) is 2.16. The van der Waals surface area contributed by atoms with E-state index >= 15 is 0 Å². The van der Waals surface area contributed by atoms with Gasteiger partial charge in [-0.2, -0.15) is 0 Å². The summed E-state index contributed by atoms with van der Waals surface area (Å²) in [6.45, 7) is 19.2. The number of hydrogen-bond acceptors (Lipinski definition) is 4. The minimum Gasteiger partial charge on any atom is -0.471 e. The van der Waals surface area contributed by atoms with Gasteiger partial charge in [-0.3, -0.25) is 0 Å². The van der Waals surface area contributed by atoms with Crippen LogP contribution in [0.2, 0.25) is 0 Å². The number of anilines is 1. The highest BCUT2D eigenvalue weighted by atomic mass is 16.5. The van der Waals surface area contributed by atoms with E-state index in [-0.39, 0.29) is 5.72 Å². The van der Waals surface area contributed by atoms with Crippen molar-refractivity contribution in [2.24, 2.45) is 0 Å². The zero-order chi connectivity index (χ0) is 19.4.